The van der Waals surface area contributed by atoms with Gasteiger partial charge in [-0.25, -0.2) is 9.55 Å². The van der Waals surface area contributed by atoms with Crippen LogP contribution in [0.4, 0.5) is 0 Å². The maximum absolute atomic E-state index is 3.72. The minimum absolute atomic E-state index is 0.622. The van der Waals surface area contributed by atoms with Gasteiger partial charge in [0.25, 0.3) is 5.82 Å². The van der Waals surface area contributed by atoms with E-state index in [2.05, 4.69) is 49.6 Å². The smallest absolute Gasteiger partial charge is 0.247 e. The molecule has 2 nitrogen and oxygen atoms in total. The Morgan fingerprint density at radius 2 is 0.865 bits per heavy atom. The van der Waals surface area contributed by atoms with Crippen molar-refractivity contribution in [2.75, 3.05) is 0 Å². The molecule has 0 spiro atoms. The molecule has 1 aromatic heterocycles. The van der Waals surface area contributed by atoms with E-state index in [-0.39, 0.29) is 0 Å². The molecule has 0 bridgehead atoms. The van der Waals surface area contributed by atoms with Crippen LogP contribution in [0.15, 0.2) is 12.4 Å². The Hall–Kier alpha value is -0.790. The van der Waals surface area contributed by atoms with Crippen molar-refractivity contribution in [1.82, 2.24) is 4.98 Å². The van der Waals surface area contributed by atoms with Crippen LogP contribution in [0.2, 0.25) is 0 Å². The van der Waals surface area contributed by atoms with Crippen LogP contribution >= 0.6 is 0 Å². The number of H-pyrrole nitrogens is 1. The Kier molecular flexibility index (Phi) is 23.6. The fourth-order valence-electron chi connectivity index (χ4n) is 6.07. The average Bonchev–Trinajstić information content (AvgIpc) is 3.40. The molecule has 218 valence electrons. The lowest BCUT2D eigenvalue weighted by atomic mass is 9.92. The molecule has 2 atom stereocenters. The second-order valence-corrected chi connectivity index (χ2v) is 12.2. The van der Waals surface area contributed by atoms with Crippen molar-refractivity contribution in [1.29, 1.82) is 0 Å². The van der Waals surface area contributed by atoms with E-state index in [0.29, 0.717) is 12.0 Å². The molecule has 0 fully saturated rings. The molecule has 1 rings (SSSR count). The molecule has 2 heteroatoms. The van der Waals surface area contributed by atoms with Gasteiger partial charge in [0, 0.05) is 0 Å². The molecule has 37 heavy (non-hydrogen) atoms. The van der Waals surface area contributed by atoms with Gasteiger partial charge in [-0.05, 0) is 32.6 Å². The lowest BCUT2D eigenvalue weighted by Crippen LogP contribution is -2.41. The summed E-state index contributed by atoms with van der Waals surface area (Å²) in [7, 11) is 0. The number of hydrogen-bond donors (Lipinski definition) is 1. The highest BCUT2D eigenvalue weighted by atomic mass is 15.1. The third-order valence-electron chi connectivity index (χ3n) is 8.64. The average molecular weight is 518 g/mol. The van der Waals surface area contributed by atoms with Crippen LogP contribution in [0.3, 0.4) is 0 Å². The topological polar surface area (TPSA) is 19.7 Å². The summed E-state index contributed by atoms with van der Waals surface area (Å²) in [5, 5.41) is 0. The third-order valence-corrected chi connectivity index (χ3v) is 8.64. The highest BCUT2D eigenvalue weighted by Crippen LogP contribution is 2.27. The van der Waals surface area contributed by atoms with Crippen LogP contribution < -0.4 is 4.57 Å². The van der Waals surface area contributed by atoms with Gasteiger partial charge in [0.2, 0.25) is 0 Å². The summed E-state index contributed by atoms with van der Waals surface area (Å²) in [6.07, 6.45) is 41.3. The minimum atomic E-state index is 0.622. The number of hydrogen-bond acceptors (Lipinski definition) is 0. The molecule has 1 heterocycles. The zero-order valence-electron chi connectivity index (χ0n) is 26.1. The second-order valence-electron chi connectivity index (χ2n) is 12.2. The zero-order chi connectivity index (χ0) is 26.8. The van der Waals surface area contributed by atoms with E-state index in [1.54, 1.807) is 0 Å². The summed E-state index contributed by atoms with van der Waals surface area (Å²) in [5.41, 5.74) is 0. The highest BCUT2D eigenvalue weighted by Gasteiger charge is 2.25. The maximum Gasteiger partial charge on any atom is 0.257 e. The molecule has 0 saturated heterocycles. The van der Waals surface area contributed by atoms with Gasteiger partial charge in [-0.2, -0.15) is 0 Å². The van der Waals surface area contributed by atoms with E-state index in [9.17, 15) is 0 Å². The number of rotatable bonds is 28. The van der Waals surface area contributed by atoms with Gasteiger partial charge in [-0.1, -0.05) is 162 Å². The summed E-state index contributed by atoms with van der Waals surface area (Å²) in [6.45, 7) is 9.38. The van der Waals surface area contributed by atoms with E-state index in [1.165, 1.54) is 173 Å². The van der Waals surface area contributed by atoms with Gasteiger partial charge < -0.3 is 0 Å². The molecule has 0 saturated carbocycles. The lowest BCUT2D eigenvalue weighted by Gasteiger charge is -2.17. The molecule has 1 N–H and O–H groups in total. The quantitative estimate of drug-likeness (QED) is 0.0842. The minimum Gasteiger partial charge on any atom is -0.247 e. The zero-order valence-corrected chi connectivity index (χ0v) is 26.1. The van der Waals surface area contributed by atoms with Gasteiger partial charge in [-0.15, -0.1) is 0 Å². The van der Waals surface area contributed by atoms with E-state index in [4.69, 9.17) is 0 Å². The van der Waals surface area contributed by atoms with E-state index >= 15 is 0 Å². The van der Waals surface area contributed by atoms with Crippen LogP contribution in [0.25, 0.3) is 0 Å². The van der Waals surface area contributed by atoms with Crippen molar-refractivity contribution in [2.24, 2.45) is 0 Å². The Balaban J connectivity index is 2.45. The summed E-state index contributed by atoms with van der Waals surface area (Å²) in [4.78, 5) is 3.72. The molecular formula is C35H69N2+. The number of imidazole rings is 1. The van der Waals surface area contributed by atoms with Crippen molar-refractivity contribution >= 4 is 0 Å². The summed E-state index contributed by atoms with van der Waals surface area (Å²) in [5.74, 6) is 2.24. The first kappa shape index (κ1) is 34.2. The van der Waals surface area contributed by atoms with Gasteiger partial charge >= 0.3 is 0 Å². The first-order valence-corrected chi connectivity index (χ1v) is 17.3. The van der Waals surface area contributed by atoms with Crippen LogP contribution in [-0.2, 0) is 0 Å². The molecule has 0 radical (unpaired) electrons. The van der Waals surface area contributed by atoms with Gasteiger partial charge in [0.1, 0.15) is 12.4 Å². The largest absolute Gasteiger partial charge is 0.257 e. The van der Waals surface area contributed by atoms with Gasteiger partial charge in [0.05, 0.1) is 12.0 Å². The Morgan fingerprint density at radius 3 is 1.30 bits per heavy atom. The van der Waals surface area contributed by atoms with Crippen LogP contribution in [-0.4, -0.2) is 4.98 Å². The standard InChI is InChI=1S/C35H68N2/c1-5-8-11-14-16-18-20-22-24-27-30-34(29-26-23-21-19-17-15-12-9-6-2)35-36-31-32-37(35)33(4)28-25-13-10-7-3/h31-34H,5-30H2,1-4H3/p+1. The van der Waals surface area contributed by atoms with E-state index in [1.807, 2.05) is 0 Å². The monoisotopic (exact) mass is 518 g/mol. The predicted octanol–water partition coefficient (Wildman–Crippen LogP) is 12.1. The van der Waals surface area contributed by atoms with Crippen molar-refractivity contribution in [3.63, 3.8) is 0 Å². The molecule has 0 aliphatic carbocycles. The number of aromatic nitrogens is 2. The van der Waals surface area contributed by atoms with Gasteiger partial charge in [0.15, 0.2) is 0 Å². The Bertz CT molecular complexity index is 578. The first-order valence-electron chi connectivity index (χ1n) is 17.3. The fraction of sp³-hybridized carbons (Fsp3) is 0.914. The molecule has 0 amide bonds. The molecule has 1 aromatic rings. The number of nitrogens with one attached hydrogen (secondary N) is 1. The second kappa shape index (κ2) is 25.5. The number of unbranched alkanes of at least 4 members (excludes halogenated alkanes) is 20. The SMILES string of the molecule is CCCCCCCCCCCCC(CCCCCCCCCCC)c1[nH]cc[n+]1C(C)CCCCCC. The molecule has 0 aromatic carbocycles. The lowest BCUT2D eigenvalue weighted by molar-refractivity contribution is -0.727. The normalized spacial score (nSPS) is 13.3. The molecule has 0 aliphatic rings. The molecule has 2 unspecified atom stereocenters. The fourth-order valence-corrected chi connectivity index (χ4v) is 6.07. The molecular weight excluding hydrogens is 448 g/mol. The van der Waals surface area contributed by atoms with Crippen molar-refractivity contribution in [3.05, 3.63) is 18.2 Å². The van der Waals surface area contributed by atoms with E-state index in [0.717, 1.165) is 0 Å². The Morgan fingerprint density at radius 1 is 0.514 bits per heavy atom. The third kappa shape index (κ3) is 18.2. The number of nitrogens with zero attached hydrogens (tertiary/aromatic N) is 1. The predicted molar refractivity (Wildman–Crippen MR) is 166 cm³/mol. The first-order chi connectivity index (χ1) is 18.2. The van der Waals surface area contributed by atoms with E-state index < -0.39 is 0 Å². The van der Waals surface area contributed by atoms with Crippen LogP contribution in [0, 0.1) is 0 Å². The summed E-state index contributed by atoms with van der Waals surface area (Å²) >= 11 is 0. The van der Waals surface area contributed by atoms with Gasteiger partial charge in [-0.3, -0.25) is 0 Å². The molecule has 0 aliphatic heterocycles. The summed E-state index contributed by atoms with van der Waals surface area (Å²) < 4.78 is 2.61. The summed E-state index contributed by atoms with van der Waals surface area (Å²) in [6, 6.07) is 0.622. The van der Waals surface area contributed by atoms with Crippen molar-refractivity contribution in [2.45, 2.75) is 207 Å². The van der Waals surface area contributed by atoms with Crippen LogP contribution in [0.1, 0.15) is 212 Å². The van der Waals surface area contributed by atoms with Crippen molar-refractivity contribution in [3.8, 4) is 0 Å². The maximum atomic E-state index is 3.72. The highest BCUT2D eigenvalue weighted by molar-refractivity contribution is 4.90. The number of aromatic amines is 1. The Labute approximate surface area is 234 Å². The van der Waals surface area contributed by atoms with Crippen LogP contribution in [0.5, 0.6) is 0 Å². The van der Waals surface area contributed by atoms with Crippen molar-refractivity contribution < 1.29 is 4.57 Å².